The lowest BCUT2D eigenvalue weighted by Gasteiger charge is -2.09. The molecule has 2 N–H and O–H groups in total. The van der Waals surface area contributed by atoms with Crippen molar-refractivity contribution in [2.75, 3.05) is 31.2 Å². The quantitative estimate of drug-likeness (QED) is 0.831. The van der Waals surface area contributed by atoms with E-state index in [4.69, 9.17) is 4.74 Å². The minimum atomic E-state index is -3.33. The largest absolute Gasteiger partial charge is 0.497 e. The van der Waals surface area contributed by atoms with Crippen LogP contribution in [-0.2, 0) is 10.0 Å². The Morgan fingerprint density at radius 3 is 2.65 bits per heavy atom. The molecule has 0 aliphatic heterocycles. The Labute approximate surface area is 110 Å². The Morgan fingerprint density at radius 2 is 2.06 bits per heavy atom. The van der Waals surface area contributed by atoms with Gasteiger partial charge in [-0.3, -0.25) is 4.72 Å². The molecular weight excluding hydrogens is 308 g/mol. The molecule has 0 amide bonds. The third kappa shape index (κ3) is 4.93. The van der Waals surface area contributed by atoms with Crippen LogP contribution >= 0.6 is 15.9 Å². The average Bonchev–Trinajstić information content (AvgIpc) is 2.25. The van der Waals surface area contributed by atoms with E-state index in [1.165, 1.54) is 7.11 Å². The van der Waals surface area contributed by atoms with Crippen molar-refractivity contribution in [3.63, 3.8) is 0 Å². The average molecular weight is 323 g/mol. The highest BCUT2D eigenvalue weighted by molar-refractivity contribution is 9.10. The van der Waals surface area contributed by atoms with Crippen LogP contribution in [0.2, 0.25) is 0 Å². The summed E-state index contributed by atoms with van der Waals surface area (Å²) in [5.41, 5.74) is 0.479. The van der Waals surface area contributed by atoms with Crippen LogP contribution in [0.3, 0.4) is 0 Å². The van der Waals surface area contributed by atoms with Crippen molar-refractivity contribution in [2.24, 2.45) is 0 Å². The molecule has 0 fully saturated rings. The molecule has 0 saturated carbocycles. The first-order valence-corrected chi connectivity index (χ1v) is 7.41. The van der Waals surface area contributed by atoms with Crippen LogP contribution in [0.5, 0.6) is 5.75 Å². The molecule has 1 aromatic carbocycles. The fourth-order valence-electron chi connectivity index (χ4n) is 1.21. The zero-order chi connectivity index (χ0) is 12.9. The highest BCUT2D eigenvalue weighted by Crippen LogP contribution is 2.25. The van der Waals surface area contributed by atoms with Crippen LogP contribution in [0, 0.1) is 0 Å². The number of halogens is 1. The second-order valence-corrected chi connectivity index (χ2v) is 6.16. The molecule has 0 aliphatic rings. The van der Waals surface area contributed by atoms with Crippen molar-refractivity contribution >= 4 is 31.6 Å². The van der Waals surface area contributed by atoms with Gasteiger partial charge in [0.1, 0.15) is 5.75 Å². The predicted molar refractivity (Wildman–Crippen MR) is 72.0 cm³/mol. The smallest absolute Gasteiger partial charge is 0.233 e. The first-order chi connectivity index (χ1) is 7.96. The van der Waals surface area contributed by atoms with Gasteiger partial charge in [0.15, 0.2) is 0 Å². The molecule has 0 aromatic heterocycles. The van der Waals surface area contributed by atoms with Gasteiger partial charge in [-0.05, 0) is 19.2 Å². The van der Waals surface area contributed by atoms with Crippen LogP contribution < -0.4 is 14.8 Å². The van der Waals surface area contributed by atoms with Crippen LogP contribution in [0.4, 0.5) is 5.69 Å². The Balaban J connectivity index is 2.84. The van der Waals surface area contributed by atoms with Gasteiger partial charge in [0.05, 0.1) is 18.6 Å². The number of sulfonamides is 1. The zero-order valence-electron chi connectivity index (χ0n) is 9.66. The van der Waals surface area contributed by atoms with Gasteiger partial charge >= 0.3 is 0 Å². The lowest BCUT2D eigenvalue weighted by atomic mass is 10.3. The summed E-state index contributed by atoms with van der Waals surface area (Å²) in [7, 11) is -0.0926. The fraction of sp³-hybridized carbons (Fsp3) is 0.400. The topological polar surface area (TPSA) is 67.4 Å². The number of benzene rings is 1. The monoisotopic (exact) mass is 322 g/mol. The Kier molecular flexibility index (Phi) is 5.23. The summed E-state index contributed by atoms with van der Waals surface area (Å²) in [6.45, 7) is 0.403. The van der Waals surface area contributed by atoms with Crippen LogP contribution in [-0.4, -0.2) is 34.9 Å². The highest BCUT2D eigenvalue weighted by atomic mass is 79.9. The number of nitrogens with one attached hydrogen (secondary N) is 2. The van der Waals surface area contributed by atoms with Crippen molar-refractivity contribution in [1.29, 1.82) is 0 Å². The first-order valence-electron chi connectivity index (χ1n) is 4.96. The van der Waals surface area contributed by atoms with E-state index in [2.05, 4.69) is 26.0 Å². The van der Waals surface area contributed by atoms with E-state index in [0.29, 0.717) is 18.0 Å². The lowest BCUT2D eigenvalue weighted by Crippen LogP contribution is -2.24. The standard InChI is InChI=1S/C10H15BrN2O3S/c1-12-3-4-17(14,15)13-9-5-8(11)6-10(7-9)16-2/h5-7,12-13H,3-4H2,1-2H3. The van der Waals surface area contributed by atoms with Gasteiger partial charge in [0, 0.05) is 17.1 Å². The maximum atomic E-state index is 11.7. The molecule has 1 rings (SSSR count). The van der Waals surface area contributed by atoms with Crippen molar-refractivity contribution in [3.8, 4) is 5.75 Å². The molecule has 0 heterocycles. The SMILES string of the molecule is CNCCS(=O)(=O)Nc1cc(Br)cc(OC)c1. The van der Waals surface area contributed by atoms with E-state index in [1.54, 1.807) is 25.2 Å². The summed E-state index contributed by atoms with van der Waals surface area (Å²) in [5.74, 6) is 0.615. The van der Waals surface area contributed by atoms with Gasteiger partial charge in [0.2, 0.25) is 10.0 Å². The molecule has 1 aromatic rings. The molecule has 0 aliphatic carbocycles. The summed E-state index contributed by atoms with van der Waals surface area (Å²) in [5, 5.41) is 2.79. The molecule has 5 nitrogen and oxygen atoms in total. The molecule has 0 unspecified atom stereocenters. The lowest BCUT2D eigenvalue weighted by molar-refractivity contribution is 0.415. The van der Waals surface area contributed by atoms with Crippen molar-refractivity contribution in [3.05, 3.63) is 22.7 Å². The summed E-state index contributed by atoms with van der Waals surface area (Å²) >= 11 is 3.29. The number of hydrogen-bond donors (Lipinski definition) is 2. The van der Waals surface area contributed by atoms with Crippen molar-refractivity contribution in [1.82, 2.24) is 5.32 Å². The molecule has 0 spiro atoms. The maximum Gasteiger partial charge on any atom is 0.233 e. The third-order valence-corrected chi connectivity index (χ3v) is 3.75. The van der Waals surface area contributed by atoms with E-state index in [0.717, 1.165) is 4.47 Å². The van der Waals surface area contributed by atoms with Crippen LogP contribution in [0.25, 0.3) is 0 Å². The Bertz CT molecular complexity index is 476. The molecule has 17 heavy (non-hydrogen) atoms. The van der Waals surface area contributed by atoms with Gasteiger partial charge in [-0.1, -0.05) is 15.9 Å². The first kappa shape index (κ1) is 14.3. The van der Waals surface area contributed by atoms with E-state index in [-0.39, 0.29) is 5.75 Å². The highest BCUT2D eigenvalue weighted by Gasteiger charge is 2.10. The van der Waals surface area contributed by atoms with Gasteiger partial charge in [-0.25, -0.2) is 8.42 Å². The van der Waals surface area contributed by atoms with E-state index >= 15 is 0 Å². The van der Waals surface area contributed by atoms with Crippen LogP contribution in [0.15, 0.2) is 22.7 Å². The summed E-state index contributed by atoms with van der Waals surface area (Å²) in [6, 6.07) is 5.06. The second kappa shape index (κ2) is 6.23. The third-order valence-electron chi connectivity index (χ3n) is 2.00. The Hall–Kier alpha value is -0.790. The van der Waals surface area contributed by atoms with Crippen LogP contribution in [0.1, 0.15) is 0 Å². The summed E-state index contributed by atoms with van der Waals surface area (Å²) in [4.78, 5) is 0. The van der Waals surface area contributed by atoms with Crippen molar-refractivity contribution in [2.45, 2.75) is 0 Å². The number of anilines is 1. The maximum absolute atomic E-state index is 11.7. The zero-order valence-corrected chi connectivity index (χ0v) is 12.1. The minimum Gasteiger partial charge on any atom is -0.497 e. The molecular formula is C10H15BrN2O3S. The number of ether oxygens (including phenoxy) is 1. The summed E-state index contributed by atoms with van der Waals surface area (Å²) < 4.78 is 31.6. The molecule has 96 valence electrons. The molecule has 0 saturated heterocycles. The molecule has 7 heteroatoms. The molecule has 0 bridgehead atoms. The number of methoxy groups -OCH3 is 1. The Morgan fingerprint density at radius 1 is 1.35 bits per heavy atom. The number of rotatable bonds is 6. The molecule has 0 atom stereocenters. The fourth-order valence-corrected chi connectivity index (χ4v) is 2.73. The predicted octanol–water partition coefficient (Wildman–Crippen LogP) is 1.42. The van der Waals surface area contributed by atoms with Gasteiger partial charge in [-0.2, -0.15) is 0 Å². The van der Waals surface area contributed by atoms with Gasteiger partial charge < -0.3 is 10.1 Å². The second-order valence-electron chi connectivity index (χ2n) is 3.40. The minimum absolute atomic E-state index is 0.0261. The van der Waals surface area contributed by atoms with Gasteiger partial charge in [0.25, 0.3) is 0 Å². The summed E-state index contributed by atoms with van der Waals surface area (Å²) in [6.07, 6.45) is 0. The van der Waals surface area contributed by atoms with E-state index < -0.39 is 10.0 Å². The van der Waals surface area contributed by atoms with Crippen molar-refractivity contribution < 1.29 is 13.2 Å². The van der Waals surface area contributed by atoms with E-state index in [9.17, 15) is 8.42 Å². The number of hydrogen-bond acceptors (Lipinski definition) is 4. The van der Waals surface area contributed by atoms with Gasteiger partial charge in [-0.15, -0.1) is 0 Å². The molecule has 0 radical (unpaired) electrons. The van der Waals surface area contributed by atoms with E-state index in [1.807, 2.05) is 0 Å². The normalized spacial score (nSPS) is 11.2.